The molecule has 0 saturated heterocycles. The second-order valence-electron chi connectivity index (χ2n) is 5.34. The minimum absolute atomic E-state index is 0.00729. The third-order valence-corrected chi connectivity index (χ3v) is 3.83. The largest absolute Gasteiger partial charge is 0.478 e. The second kappa shape index (κ2) is 6.31. The van der Waals surface area contributed by atoms with Crippen LogP contribution in [0.2, 0.25) is 0 Å². The zero-order valence-electron chi connectivity index (χ0n) is 11.2. The minimum Gasteiger partial charge on any atom is -0.478 e. The van der Waals surface area contributed by atoms with Gasteiger partial charge in [0.2, 0.25) is 0 Å². The lowest BCUT2D eigenvalue weighted by atomic mass is 9.85. The molecule has 3 nitrogen and oxygen atoms in total. The van der Waals surface area contributed by atoms with Crippen molar-refractivity contribution in [2.45, 2.75) is 38.2 Å². The maximum absolute atomic E-state index is 13.6. The molecule has 0 heterocycles. The van der Waals surface area contributed by atoms with Gasteiger partial charge >= 0.3 is 5.97 Å². The maximum atomic E-state index is 13.6. The Balaban J connectivity index is 1.82. The van der Waals surface area contributed by atoms with E-state index in [1.165, 1.54) is 12.1 Å². The van der Waals surface area contributed by atoms with Gasteiger partial charge in [-0.3, -0.25) is 0 Å². The molecular weight excluding hydrogens is 264 g/mol. The molecule has 0 radical (unpaired) electrons. The van der Waals surface area contributed by atoms with Gasteiger partial charge in [-0.05, 0) is 30.5 Å². The Morgan fingerprint density at radius 2 is 2.00 bits per heavy atom. The van der Waals surface area contributed by atoms with E-state index in [1.54, 1.807) is 12.1 Å². The van der Waals surface area contributed by atoms with Crippen LogP contribution in [0.3, 0.4) is 0 Å². The highest BCUT2D eigenvalue weighted by Crippen LogP contribution is 2.37. The quantitative estimate of drug-likeness (QED) is 0.871. The molecular formula is C15H19F2NO2. The fraction of sp³-hybridized carbons (Fsp3) is 0.533. The predicted molar refractivity (Wildman–Crippen MR) is 72.0 cm³/mol. The van der Waals surface area contributed by atoms with Crippen molar-refractivity contribution in [2.24, 2.45) is 5.92 Å². The lowest BCUT2D eigenvalue weighted by Crippen LogP contribution is -2.38. The van der Waals surface area contributed by atoms with Crippen LogP contribution < -0.4 is 5.32 Å². The first-order chi connectivity index (χ1) is 9.49. The molecule has 1 atom stereocenters. The smallest absolute Gasteiger partial charge is 0.335 e. The van der Waals surface area contributed by atoms with E-state index in [0.717, 1.165) is 12.0 Å². The number of carboxylic acid groups (broad SMARTS) is 1. The van der Waals surface area contributed by atoms with E-state index in [-0.39, 0.29) is 12.0 Å². The molecule has 1 aliphatic rings. The van der Waals surface area contributed by atoms with Crippen LogP contribution in [0.25, 0.3) is 0 Å². The van der Waals surface area contributed by atoms with Crippen LogP contribution in [-0.2, 0) is 6.54 Å². The molecule has 0 spiro atoms. The first-order valence-corrected chi connectivity index (χ1v) is 6.90. The van der Waals surface area contributed by atoms with E-state index >= 15 is 0 Å². The first kappa shape index (κ1) is 14.9. The van der Waals surface area contributed by atoms with Crippen LogP contribution in [-0.4, -0.2) is 23.5 Å². The fourth-order valence-electron chi connectivity index (χ4n) is 2.57. The lowest BCUT2D eigenvalue weighted by Gasteiger charge is -2.31. The average Bonchev–Trinajstić information content (AvgIpc) is 2.41. The van der Waals surface area contributed by atoms with Crippen LogP contribution in [0.15, 0.2) is 24.3 Å². The number of carboxylic acids is 1. The summed E-state index contributed by atoms with van der Waals surface area (Å²) >= 11 is 0. The molecule has 1 aliphatic carbocycles. The van der Waals surface area contributed by atoms with Crippen LogP contribution in [0.4, 0.5) is 8.78 Å². The van der Waals surface area contributed by atoms with Crippen molar-refractivity contribution in [3.8, 4) is 0 Å². The van der Waals surface area contributed by atoms with Crippen LogP contribution in [0.5, 0.6) is 0 Å². The molecule has 1 saturated carbocycles. The maximum Gasteiger partial charge on any atom is 0.335 e. The van der Waals surface area contributed by atoms with Crippen molar-refractivity contribution >= 4 is 5.97 Å². The van der Waals surface area contributed by atoms with E-state index in [2.05, 4.69) is 5.32 Å². The van der Waals surface area contributed by atoms with E-state index in [4.69, 9.17) is 5.11 Å². The van der Waals surface area contributed by atoms with Crippen LogP contribution in [0.1, 0.15) is 41.6 Å². The zero-order chi connectivity index (χ0) is 14.6. The molecule has 5 heteroatoms. The molecule has 1 aromatic rings. The van der Waals surface area contributed by atoms with Crippen molar-refractivity contribution in [3.63, 3.8) is 0 Å². The predicted octanol–water partition coefficient (Wildman–Crippen LogP) is 3.30. The van der Waals surface area contributed by atoms with Gasteiger partial charge < -0.3 is 10.4 Å². The van der Waals surface area contributed by atoms with Crippen molar-refractivity contribution in [1.82, 2.24) is 5.32 Å². The summed E-state index contributed by atoms with van der Waals surface area (Å²) in [5.74, 6) is -4.11. The molecule has 2 N–H and O–H groups in total. The molecule has 1 fully saturated rings. The van der Waals surface area contributed by atoms with Crippen molar-refractivity contribution < 1.29 is 18.7 Å². The summed E-state index contributed by atoms with van der Waals surface area (Å²) in [5, 5.41) is 11.8. The summed E-state index contributed by atoms with van der Waals surface area (Å²) in [4.78, 5) is 10.7. The Morgan fingerprint density at radius 3 is 2.60 bits per heavy atom. The molecule has 0 aliphatic heterocycles. The number of rotatable bonds is 5. The molecule has 2 rings (SSSR count). The van der Waals surface area contributed by atoms with Gasteiger partial charge in [-0.2, -0.15) is 0 Å². The summed E-state index contributed by atoms with van der Waals surface area (Å²) < 4.78 is 27.3. The van der Waals surface area contributed by atoms with Crippen molar-refractivity contribution in [1.29, 1.82) is 0 Å². The molecule has 0 amide bonds. The topological polar surface area (TPSA) is 49.3 Å². The van der Waals surface area contributed by atoms with Gasteiger partial charge in [-0.15, -0.1) is 0 Å². The van der Waals surface area contributed by atoms with Crippen LogP contribution >= 0.6 is 0 Å². The number of hydrogen-bond acceptors (Lipinski definition) is 2. The number of aromatic carboxylic acids is 1. The summed E-state index contributed by atoms with van der Waals surface area (Å²) in [7, 11) is 0. The van der Waals surface area contributed by atoms with E-state index in [9.17, 15) is 13.6 Å². The van der Waals surface area contributed by atoms with E-state index in [1.807, 2.05) is 0 Å². The number of carbonyl (C=O) groups is 1. The normalized spacial score (nSPS) is 21.6. The van der Waals surface area contributed by atoms with E-state index in [0.29, 0.717) is 25.9 Å². The van der Waals surface area contributed by atoms with Crippen LogP contribution in [0, 0.1) is 5.92 Å². The van der Waals surface area contributed by atoms with Crippen molar-refractivity contribution in [3.05, 3.63) is 35.4 Å². The Labute approximate surface area is 117 Å². The summed E-state index contributed by atoms with van der Waals surface area (Å²) in [6.45, 7) is 0.778. The van der Waals surface area contributed by atoms with Gasteiger partial charge in [0.25, 0.3) is 5.92 Å². The number of benzene rings is 1. The van der Waals surface area contributed by atoms with Gasteiger partial charge in [0, 0.05) is 25.4 Å². The monoisotopic (exact) mass is 283 g/mol. The second-order valence-corrected chi connectivity index (χ2v) is 5.34. The van der Waals surface area contributed by atoms with Gasteiger partial charge in [0.15, 0.2) is 0 Å². The third-order valence-electron chi connectivity index (χ3n) is 3.83. The molecule has 20 heavy (non-hydrogen) atoms. The lowest BCUT2D eigenvalue weighted by molar-refractivity contribution is -0.0843. The Kier molecular flexibility index (Phi) is 4.70. The average molecular weight is 283 g/mol. The first-order valence-electron chi connectivity index (χ1n) is 6.90. The Bertz CT molecular complexity index is 459. The molecule has 0 bridgehead atoms. The Hall–Kier alpha value is -1.49. The molecule has 0 aromatic heterocycles. The van der Waals surface area contributed by atoms with Gasteiger partial charge in [0.1, 0.15) is 0 Å². The summed E-state index contributed by atoms with van der Waals surface area (Å²) in [5.41, 5.74) is 1.13. The highest BCUT2D eigenvalue weighted by atomic mass is 19.3. The van der Waals surface area contributed by atoms with Gasteiger partial charge in [-0.1, -0.05) is 18.6 Å². The number of halogens is 2. The third kappa shape index (κ3) is 3.76. The standard InChI is InChI=1S/C15H19F2NO2/c16-15(17)8-2-1-3-13(15)10-18-9-11-4-6-12(7-5-11)14(19)20/h4-7,13,18H,1-3,8-10H2,(H,19,20). The zero-order valence-corrected chi connectivity index (χ0v) is 11.2. The van der Waals surface area contributed by atoms with E-state index < -0.39 is 17.8 Å². The number of hydrogen-bond donors (Lipinski definition) is 2. The molecule has 1 aromatic carbocycles. The number of alkyl halides is 2. The molecule has 1 unspecified atom stereocenters. The Morgan fingerprint density at radius 1 is 1.30 bits per heavy atom. The highest BCUT2D eigenvalue weighted by Gasteiger charge is 2.40. The number of nitrogens with one attached hydrogen (secondary N) is 1. The summed E-state index contributed by atoms with van der Waals surface area (Å²) in [6.07, 6.45) is 2.04. The SMILES string of the molecule is O=C(O)c1ccc(CNCC2CCCCC2(F)F)cc1. The van der Waals surface area contributed by atoms with Gasteiger partial charge in [0.05, 0.1) is 5.56 Å². The summed E-state index contributed by atoms with van der Waals surface area (Å²) in [6, 6.07) is 6.45. The fourth-order valence-corrected chi connectivity index (χ4v) is 2.57. The van der Waals surface area contributed by atoms with Gasteiger partial charge in [-0.25, -0.2) is 13.6 Å². The minimum atomic E-state index is -2.56. The highest BCUT2D eigenvalue weighted by molar-refractivity contribution is 5.87. The van der Waals surface area contributed by atoms with Crippen molar-refractivity contribution in [2.75, 3.05) is 6.54 Å². The molecule has 110 valence electrons.